The Labute approximate surface area is 155 Å². The van der Waals surface area contributed by atoms with E-state index in [1.807, 2.05) is 19.1 Å². The van der Waals surface area contributed by atoms with Crippen molar-refractivity contribution < 1.29 is 4.79 Å². The first kappa shape index (κ1) is 16.8. The summed E-state index contributed by atoms with van der Waals surface area (Å²) >= 11 is 1.72. The first-order chi connectivity index (χ1) is 12.7. The third kappa shape index (κ3) is 3.48. The topological polar surface area (TPSA) is 80.7 Å². The van der Waals surface area contributed by atoms with Crippen molar-refractivity contribution in [3.8, 4) is 11.4 Å². The van der Waals surface area contributed by atoms with E-state index in [1.165, 1.54) is 23.4 Å². The van der Waals surface area contributed by atoms with Gasteiger partial charge in [0.05, 0.1) is 17.3 Å². The van der Waals surface area contributed by atoms with Crippen molar-refractivity contribution in [1.29, 1.82) is 0 Å². The summed E-state index contributed by atoms with van der Waals surface area (Å²) in [5.74, 6) is 0.360. The van der Waals surface area contributed by atoms with Crippen LogP contribution in [-0.2, 0) is 12.8 Å². The Bertz CT molecular complexity index is 884. The Hall–Kier alpha value is -2.67. The van der Waals surface area contributed by atoms with Crippen LogP contribution in [0.1, 0.15) is 51.7 Å². The normalized spacial score (nSPS) is 14.5. The van der Waals surface area contributed by atoms with Crippen LogP contribution in [0.25, 0.3) is 11.4 Å². The highest BCUT2D eigenvalue weighted by molar-refractivity contribution is 7.11. The molecule has 0 saturated heterocycles. The lowest BCUT2D eigenvalue weighted by molar-refractivity contribution is 0.0939. The van der Waals surface area contributed by atoms with Crippen LogP contribution >= 0.6 is 11.3 Å². The summed E-state index contributed by atoms with van der Waals surface area (Å²) < 4.78 is 0. The fraction of sp³-hybridized carbons (Fsp3) is 0.316. The molecule has 0 aromatic carbocycles. The van der Waals surface area contributed by atoms with Crippen molar-refractivity contribution in [3.05, 3.63) is 58.1 Å². The number of rotatable bonds is 4. The molecule has 6 nitrogen and oxygen atoms in total. The Balaban J connectivity index is 1.45. The fourth-order valence-corrected chi connectivity index (χ4v) is 4.14. The minimum absolute atomic E-state index is 0.129. The predicted molar refractivity (Wildman–Crippen MR) is 99.9 cm³/mol. The molecule has 132 valence electrons. The zero-order valence-corrected chi connectivity index (χ0v) is 15.3. The number of pyridine rings is 1. The summed E-state index contributed by atoms with van der Waals surface area (Å²) in [5, 5.41) is 3.97. The standard InChI is InChI=1S/C19H19N5OS/c1-12(19-24-15-6-2-3-7-16(15)26-19)23-18(25)14-10-21-17(22-11-14)13-5-4-8-20-9-13/h4-5,8-12H,2-3,6-7H2,1H3,(H,23,25). The maximum absolute atomic E-state index is 12.5. The summed E-state index contributed by atoms with van der Waals surface area (Å²) in [6.45, 7) is 1.97. The average molecular weight is 365 g/mol. The molecule has 0 fully saturated rings. The number of nitrogens with one attached hydrogen (secondary N) is 1. The van der Waals surface area contributed by atoms with Gasteiger partial charge in [0.1, 0.15) is 5.01 Å². The molecule has 1 atom stereocenters. The number of fused-ring (bicyclic) bond motifs is 1. The van der Waals surface area contributed by atoms with E-state index in [2.05, 4.69) is 20.3 Å². The Kier molecular flexibility index (Phi) is 4.71. The quantitative estimate of drug-likeness (QED) is 0.767. The van der Waals surface area contributed by atoms with Crippen LogP contribution in [0.2, 0.25) is 0 Å². The predicted octanol–water partition coefficient (Wildman–Crippen LogP) is 3.36. The highest BCUT2D eigenvalue weighted by Gasteiger charge is 2.20. The van der Waals surface area contributed by atoms with Gasteiger partial charge in [-0.3, -0.25) is 9.78 Å². The third-order valence-corrected chi connectivity index (χ3v) is 5.75. The molecular formula is C19H19N5OS. The molecule has 0 bridgehead atoms. The van der Waals surface area contributed by atoms with E-state index in [0.717, 1.165) is 23.4 Å². The number of aryl methyl sites for hydroxylation is 2. The molecule has 1 aliphatic carbocycles. The Morgan fingerprint density at radius 3 is 2.73 bits per heavy atom. The molecule has 26 heavy (non-hydrogen) atoms. The molecular weight excluding hydrogens is 346 g/mol. The number of hydrogen-bond donors (Lipinski definition) is 1. The van der Waals surface area contributed by atoms with Gasteiger partial charge in [0.15, 0.2) is 5.82 Å². The molecule has 0 aliphatic heterocycles. The van der Waals surface area contributed by atoms with Crippen molar-refractivity contribution in [2.24, 2.45) is 0 Å². The van der Waals surface area contributed by atoms with Crippen LogP contribution in [0.15, 0.2) is 36.9 Å². The lowest BCUT2D eigenvalue weighted by atomic mass is 10.0. The molecule has 0 radical (unpaired) electrons. The minimum Gasteiger partial charge on any atom is -0.343 e. The van der Waals surface area contributed by atoms with Crippen molar-refractivity contribution >= 4 is 17.2 Å². The first-order valence-electron chi connectivity index (χ1n) is 8.72. The Morgan fingerprint density at radius 1 is 1.19 bits per heavy atom. The maximum atomic E-state index is 12.5. The third-order valence-electron chi connectivity index (χ3n) is 4.41. The molecule has 1 N–H and O–H groups in total. The van der Waals surface area contributed by atoms with Crippen LogP contribution in [0.3, 0.4) is 0 Å². The van der Waals surface area contributed by atoms with Crippen LogP contribution in [0.4, 0.5) is 0 Å². The van der Waals surface area contributed by atoms with Gasteiger partial charge in [0.2, 0.25) is 0 Å². The highest BCUT2D eigenvalue weighted by Crippen LogP contribution is 2.29. The van der Waals surface area contributed by atoms with Crippen molar-refractivity contribution in [2.45, 2.75) is 38.6 Å². The monoisotopic (exact) mass is 365 g/mol. The summed E-state index contributed by atoms with van der Waals surface area (Å²) in [4.78, 5) is 31.2. The lowest BCUT2D eigenvalue weighted by Gasteiger charge is -2.11. The molecule has 7 heteroatoms. The molecule has 1 aliphatic rings. The number of nitrogens with zero attached hydrogens (tertiary/aromatic N) is 4. The van der Waals surface area contributed by atoms with E-state index in [9.17, 15) is 4.79 Å². The molecule has 3 aromatic heterocycles. The second-order valence-electron chi connectivity index (χ2n) is 6.36. The van der Waals surface area contributed by atoms with Gasteiger partial charge < -0.3 is 5.32 Å². The van der Waals surface area contributed by atoms with Gasteiger partial charge in [-0.05, 0) is 44.7 Å². The molecule has 3 aromatic rings. The SMILES string of the molecule is CC(NC(=O)c1cnc(-c2cccnc2)nc1)c1nc2c(s1)CCCC2. The second-order valence-corrected chi connectivity index (χ2v) is 7.48. The van der Waals surface area contributed by atoms with Gasteiger partial charge in [0, 0.05) is 35.2 Å². The number of aromatic nitrogens is 4. The van der Waals surface area contributed by atoms with Crippen LogP contribution < -0.4 is 5.32 Å². The van der Waals surface area contributed by atoms with Crippen LogP contribution in [0, 0.1) is 0 Å². The summed E-state index contributed by atoms with van der Waals surface area (Å²) in [7, 11) is 0. The molecule has 3 heterocycles. The Morgan fingerprint density at radius 2 is 2.00 bits per heavy atom. The van der Waals surface area contributed by atoms with Gasteiger partial charge in [-0.1, -0.05) is 0 Å². The summed E-state index contributed by atoms with van der Waals surface area (Å²) in [6, 6.07) is 3.58. The first-order valence-corrected chi connectivity index (χ1v) is 9.54. The smallest absolute Gasteiger partial charge is 0.254 e. The van der Waals surface area contributed by atoms with E-state index in [4.69, 9.17) is 4.98 Å². The minimum atomic E-state index is -0.191. The highest BCUT2D eigenvalue weighted by atomic mass is 32.1. The zero-order chi connectivity index (χ0) is 17.9. The molecule has 1 unspecified atom stereocenters. The van der Waals surface area contributed by atoms with Crippen molar-refractivity contribution in [2.75, 3.05) is 0 Å². The number of carbonyl (C=O) groups excluding carboxylic acids is 1. The number of hydrogen-bond acceptors (Lipinski definition) is 6. The van der Waals surface area contributed by atoms with E-state index in [-0.39, 0.29) is 11.9 Å². The van der Waals surface area contributed by atoms with E-state index in [1.54, 1.807) is 36.1 Å². The van der Waals surface area contributed by atoms with Gasteiger partial charge in [0.25, 0.3) is 5.91 Å². The fourth-order valence-electron chi connectivity index (χ4n) is 2.99. The molecule has 4 rings (SSSR count). The van der Waals surface area contributed by atoms with Gasteiger partial charge >= 0.3 is 0 Å². The van der Waals surface area contributed by atoms with Crippen LogP contribution in [0.5, 0.6) is 0 Å². The second kappa shape index (κ2) is 7.29. The van der Waals surface area contributed by atoms with E-state index >= 15 is 0 Å². The van der Waals surface area contributed by atoms with E-state index in [0.29, 0.717) is 11.4 Å². The van der Waals surface area contributed by atoms with Crippen molar-refractivity contribution in [3.63, 3.8) is 0 Å². The molecule has 0 spiro atoms. The average Bonchev–Trinajstić information content (AvgIpc) is 3.13. The van der Waals surface area contributed by atoms with Crippen molar-refractivity contribution in [1.82, 2.24) is 25.3 Å². The number of amides is 1. The summed E-state index contributed by atoms with van der Waals surface area (Å²) in [6.07, 6.45) is 11.1. The van der Waals surface area contributed by atoms with Gasteiger partial charge in [-0.25, -0.2) is 15.0 Å². The maximum Gasteiger partial charge on any atom is 0.254 e. The van der Waals surface area contributed by atoms with Gasteiger partial charge in [-0.15, -0.1) is 11.3 Å². The largest absolute Gasteiger partial charge is 0.343 e. The van der Waals surface area contributed by atoms with Gasteiger partial charge in [-0.2, -0.15) is 0 Å². The molecule has 1 amide bonds. The molecule has 0 saturated carbocycles. The van der Waals surface area contributed by atoms with E-state index < -0.39 is 0 Å². The summed E-state index contributed by atoms with van der Waals surface area (Å²) in [5.41, 5.74) is 2.47. The van der Waals surface area contributed by atoms with Crippen LogP contribution in [-0.4, -0.2) is 25.8 Å². The number of thiazole rings is 1. The number of carbonyl (C=O) groups is 1. The zero-order valence-electron chi connectivity index (χ0n) is 14.5. The lowest BCUT2D eigenvalue weighted by Crippen LogP contribution is -2.26.